The van der Waals surface area contributed by atoms with Gasteiger partial charge in [0.2, 0.25) is 0 Å². The molecule has 9 heavy (non-hydrogen) atoms. The lowest BCUT2D eigenvalue weighted by atomic mass is 10.3. The molecule has 0 spiro atoms. The van der Waals surface area contributed by atoms with E-state index in [9.17, 15) is 0 Å². The summed E-state index contributed by atoms with van der Waals surface area (Å²) in [6.45, 7) is 4.92. The van der Waals surface area contributed by atoms with Crippen molar-refractivity contribution in [1.29, 1.82) is 0 Å². The van der Waals surface area contributed by atoms with E-state index in [0.717, 1.165) is 0 Å². The van der Waals surface area contributed by atoms with Gasteiger partial charge in [0.25, 0.3) is 0 Å². The van der Waals surface area contributed by atoms with Crippen molar-refractivity contribution in [3.63, 3.8) is 0 Å². The van der Waals surface area contributed by atoms with Crippen molar-refractivity contribution in [1.82, 2.24) is 0 Å². The summed E-state index contributed by atoms with van der Waals surface area (Å²) >= 11 is 0. The molecular formula is C8H18P+. The molecule has 0 amide bonds. The van der Waals surface area contributed by atoms with Crippen molar-refractivity contribution in [3.05, 3.63) is 0 Å². The maximum atomic E-state index is 2.55. The average Bonchev–Trinajstić information content (AvgIpc) is 1.90. The molecule has 1 rings (SSSR count). The fourth-order valence-corrected chi connectivity index (χ4v) is 4.42. The van der Waals surface area contributed by atoms with Gasteiger partial charge >= 0.3 is 0 Å². The minimum absolute atomic E-state index is 0.344. The maximum absolute atomic E-state index is 2.55. The summed E-state index contributed by atoms with van der Waals surface area (Å²) in [5.74, 6) is 0. The lowest BCUT2D eigenvalue weighted by molar-refractivity contribution is 0.745. The molecule has 1 fully saturated rings. The zero-order chi connectivity index (χ0) is 6.74. The third kappa shape index (κ3) is 1.93. The summed E-state index contributed by atoms with van der Waals surface area (Å²) in [7, 11) is -0.344. The van der Waals surface area contributed by atoms with E-state index < -0.39 is 0 Å². The third-order valence-corrected chi connectivity index (χ3v) is 6.98. The zero-order valence-electron chi connectivity index (χ0n) is 6.69. The van der Waals surface area contributed by atoms with Crippen LogP contribution in [0, 0.1) is 0 Å². The van der Waals surface area contributed by atoms with E-state index in [1.165, 1.54) is 25.4 Å². The Morgan fingerprint density at radius 3 is 2.00 bits per heavy atom. The topological polar surface area (TPSA) is 0 Å². The molecule has 0 radical (unpaired) electrons. The van der Waals surface area contributed by atoms with Crippen LogP contribution in [0.25, 0.3) is 0 Å². The first-order valence-electron chi connectivity index (χ1n) is 4.10. The second-order valence-corrected chi connectivity index (χ2v) is 8.21. The van der Waals surface area contributed by atoms with Crippen LogP contribution in [0.5, 0.6) is 0 Å². The van der Waals surface area contributed by atoms with Crippen molar-refractivity contribution in [3.8, 4) is 0 Å². The molecule has 0 aliphatic carbocycles. The van der Waals surface area contributed by atoms with Gasteiger partial charge in [0.15, 0.2) is 0 Å². The SMILES string of the molecule is CC[P+]1(C)CCCCC1. The van der Waals surface area contributed by atoms with Gasteiger partial charge in [-0.2, -0.15) is 0 Å². The molecule has 1 aliphatic heterocycles. The number of hydrogen-bond acceptors (Lipinski definition) is 0. The van der Waals surface area contributed by atoms with Crippen molar-refractivity contribution in [2.75, 3.05) is 25.2 Å². The van der Waals surface area contributed by atoms with E-state index in [2.05, 4.69) is 13.6 Å². The van der Waals surface area contributed by atoms with Crippen LogP contribution in [0.2, 0.25) is 0 Å². The molecule has 54 valence electrons. The quantitative estimate of drug-likeness (QED) is 0.498. The Labute approximate surface area is 59.4 Å². The van der Waals surface area contributed by atoms with Crippen molar-refractivity contribution in [2.24, 2.45) is 0 Å². The molecular weight excluding hydrogens is 127 g/mol. The highest BCUT2D eigenvalue weighted by molar-refractivity contribution is 7.75. The molecule has 0 bridgehead atoms. The minimum Gasteiger partial charge on any atom is -0.0464 e. The van der Waals surface area contributed by atoms with Gasteiger partial charge < -0.3 is 0 Å². The molecule has 0 N–H and O–H groups in total. The second-order valence-electron chi connectivity index (χ2n) is 3.44. The average molecular weight is 145 g/mol. The Morgan fingerprint density at radius 2 is 1.67 bits per heavy atom. The fraction of sp³-hybridized carbons (Fsp3) is 1.00. The number of rotatable bonds is 1. The molecule has 1 heteroatoms. The largest absolute Gasteiger partial charge is 0.0591 e. The summed E-state index contributed by atoms with van der Waals surface area (Å²) in [4.78, 5) is 0. The summed E-state index contributed by atoms with van der Waals surface area (Å²) in [5.41, 5.74) is 0. The maximum Gasteiger partial charge on any atom is 0.0591 e. The Balaban J connectivity index is 2.37. The number of hydrogen-bond donors (Lipinski definition) is 0. The predicted octanol–water partition coefficient (Wildman–Crippen LogP) is 2.84. The molecule has 0 aromatic heterocycles. The minimum atomic E-state index is -0.344. The standard InChI is InChI=1S/C8H18P/c1-3-9(2)7-5-4-6-8-9/h3-8H2,1-2H3/q+1. The van der Waals surface area contributed by atoms with Gasteiger partial charge in [-0.1, -0.05) is 0 Å². The van der Waals surface area contributed by atoms with Gasteiger partial charge in [0.1, 0.15) is 0 Å². The van der Waals surface area contributed by atoms with Crippen LogP contribution in [0.3, 0.4) is 0 Å². The normalized spacial score (nSPS) is 26.0. The van der Waals surface area contributed by atoms with E-state index in [-0.39, 0.29) is 7.26 Å². The Hall–Kier alpha value is 0.430. The molecule has 0 aromatic carbocycles. The van der Waals surface area contributed by atoms with Crippen LogP contribution in [-0.4, -0.2) is 25.2 Å². The highest BCUT2D eigenvalue weighted by Crippen LogP contribution is 2.58. The molecule has 0 saturated carbocycles. The molecule has 0 atom stereocenters. The first kappa shape index (κ1) is 7.54. The van der Waals surface area contributed by atoms with Crippen molar-refractivity contribution < 1.29 is 0 Å². The van der Waals surface area contributed by atoms with Gasteiger partial charge in [0, 0.05) is 13.9 Å². The smallest absolute Gasteiger partial charge is 0.0464 e. The van der Waals surface area contributed by atoms with Gasteiger partial charge in [-0.05, 0) is 26.2 Å². The summed E-state index contributed by atoms with van der Waals surface area (Å²) < 4.78 is 0. The predicted molar refractivity (Wildman–Crippen MR) is 47.0 cm³/mol. The summed E-state index contributed by atoms with van der Waals surface area (Å²) in [6.07, 6.45) is 9.23. The van der Waals surface area contributed by atoms with Crippen LogP contribution >= 0.6 is 7.26 Å². The molecule has 0 unspecified atom stereocenters. The van der Waals surface area contributed by atoms with E-state index in [1.54, 1.807) is 12.3 Å². The fourth-order valence-electron chi connectivity index (χ4n) is 1.59. The van der Waals surface area contributed by atoms with E-state index in [1.807, 2.05) is 0 Å². The van der Waals surface area contributed by atoms with Gasteiger partial charge in [0.05, 0.1) is 18.5 Å². The van der Waals surface area contributed by atoms with Crippen molar-refractivity contribution in [2.45, 2.75) is 26.2 Å². The van der Waals surface area contributed by atoms with Crippen LogP contribution < -0.4 is 0 Å². The van der Waals surface area contributed by atoms with Crippen molar-refractivity contribution >= 4 is 7.26 Å². The zero-order valence-corrected chi connectivity index (χ0v) is 7.58. The molecule has 0 nitrogen and oxygen atoms in total. The lowest BCUT2D eigenvalue weighted by Crippen LogP contribution is -2.09. The monoisotopic (exact) mass is 145 g/mol. The van der Waals surface area contributed by atoms with E-state index in [0.29, 0.717) is 0 Å². The highest BCUT2D eigenvalue weighted by Gasteiger charge is 2.30. The third-order valence-electron chi connectivity index (χ3n) is 2.66. The lowest BCUT2D eigenvalue weighted by Gasteiger charge is -2.25. The van der Waals surface area contributed by atoms with Crippen LogP contribution in [0.15, 0.2) is 0 Å². The molecule has 1 heterocycles. The van der Waals surface area contributed by atoms with Gasteiger partial charge in [-0.3, -0.25) is 0 Å². The highest BCUT2D eigenvalue weighted by atomic mass is 31.2. The van der Waals surface area contributed by atoms with Crippen LogP contribution in [-0.2, 0) is 0 Å². The summed E-state index contributed by atoms with van der Waals surface area (Å²) in [5, 5.41) is 0. The Morgan fingerprint density at radius 1 is 1.11 bits per heavy atom. The van der Waals surface area contributed by atoms with Crippen LogP contribution in [0.4, 0.5) is 0 Å². The van der Waals surface area contributed by atoms with E-state index >= 15 is 0 Å². The Bertz CT molecular complexity index is 82.6. The molecule has 1 saturated heterocycles. The first-order chi connectivity index (χ1) is 4.27. The first-order valence-corrected chi connectivity index (χ1v) is 6.89. The second kappa shape index (κ2) is 3.01. The van der Waals surface area contributed by atoms with Gasteiger partial charge in [-0.15, -0.1) is 0 Å². The molecule has 0 aromatic rings. The van der Waals surface area contributed by atoms with Gasteiger partial charge in [-0.25, -0.2) is 0 Å². The Kier molecular flexibility index (Phi) is 2.52. The molecule has 1 aliphatic rings. The van der Waals surface area contributed by atoms with Crippen LogP contribution in [0.1, 0.15) is 26.2 Å². The summed E-state index contributed by atoms with van der Waals surface area (Å²) in [6, 6.07) is 0. The van der Waals surface area contributed by atoms with E-state index in [4.69, 9.17) is 0 Å².